The van der Waals surface area contributed by atoms with Crippen molar-refractivity contribution in [3.63, 3.8) is 0 Å². The van der Waals surface area contributed by atoms with Crippen molar-refractivity contribution in [2.45, 2.75) is 0 Å². The second-order valence-corrected chi connectivity index (χ2v) is 4.49. The zero-order valence-electron chi connectivity index (χ0n) is 8.58. The fourth-order valence-electron chi connectivity index (χ4n) is 1.32. The molecule has 0 bridgehead atoms. The predicted octanol–water partition coefficient (Wildman–Crippen LogP) is 4.14. The number of hydrogen-bond donors (Lipinski definition) is 0. The number of allylic oxidation sites excluding steroid dienone is 1. The Kier molecular flexibility index (Phi) is 3.23. The molecular weight excluding hydrogens is 259 g/mol. The predicted molar refractivity (Wildman–Crippen MR) is 67.2 cm³/mol. The topological polar surface area (TPSA) is 36.7 Å². The smallest absolute Gasteiger partial charge is 0.134 e. The molecule has 0 aliphatic heterocycles. The summed E-state index contributed by atoms with van der Waals surface area (Å²) in [6.45, 7) is 3.56. The Labute approximate surface area is 107 Å². The molecule has 0 N–H and O–H groups in total. The Morgan fingerprint density at radius 3 is 2.94 bits per heavy atom. The van der Waals surface area contributed by atoms with Crippen molar-refractivity contribution in [1.82, 2.24) is 4.98 Å². The SMILES string of the molecule is C=C(C#N)c1nc(-c2c(F)cccc2Cl)cs1. The highest BCUT2D eigenvalue weighted by Crippen LogP contribution is 2.32. The summed E-state index contributed by atoms with van der Waals surface area (Å²) in [5.41, 5.74) is 0.931. The van der Waals surface area contributed by atoms with Crippen LogP contribution in [0.3, 0.4) is 0 Å². The Balaban J connectivity index is 2.52. The normalized spacial score (nSPS) is 9.94. The molecule has 1 aromatic heterocycles. The van der Waals surface area contributed by atoms with E-state index in [2.05, 4.69) is 11.6 Å². The van der Waals surface area contributed by atoms with Gasteiger partial charge in [-0.2, -0.15) is 5.26 Å². The molecule has 2 aromatic rings. The van der Waals surface area contributed by atoms with Gasteiger partial charge in [0, 0.05) is 5.38 Å². The number of thiazole rings is 1. The summed E-state index contributed by atoms with van der Waals surface area (Å²) in [6.07, 6.45) is 0. The largest absolute Gasteiger partial charge is 0.235 e. The molecule has 0 spiro atoms. The van der Waals surface area contributed by atoms with Crippen molar-refractivity contribution >= 4 is 28.5 Å². The van der Waals surface area contributed by atoms with Gasteiger partial charge in [-0.15, -0.1) is 11.3 Å². The van der Waals surface area contributed by atoms with Crippen molar-refractivity contribution in [3.05, 3.63) is 46.0 Å². The van der Waals surface area contributed by atoms with Crippen LogP contribution in [0.2, 0.25) is 5.02 Å². The molecular formula is C12H6ClFN2S. The zero-order chi connectivity index (χ0) is 12.4. The van der Waals surface area contributed by atoms with Gasteiger partial charge in [0.15, 0.2) is 0 Å². The van der Waals surface area contributed by atoms with Crippen LogP contribution in [-0.4, -0.2) is 4.98 Å². The number of nitriles is 1. The lowest BCUT2D eigenvalue weighted by atomic mass is 10.1. The molecule has 2 nitrogen and oxygen atoms in total. The highest BCUT2D eigenvalue weighted by atomic mass is 35.5. The molecule has 0 radical (unpaired) electrons. The van der Waals surface area contributed by atoms with Crippen molar-refractivity contribution in [1.29, 1.82) is 5.26 Å². The number of hydrogen-bond acceptors (Lipinski definition) is 3. The van der Waals surface area contributed by atoms with Gasteiger partial charge in [-0.3, -0.25) is 0 Å². The molecule has 0 saturated heterocycles. The minimum atomic E-state index is -0.433. The van der Waals surface area contributed by atoms with Crippen LogP contribution in [0.1, 0.15) is 5.01 Å². The van der Waals surface area contributed by atoms with E-state index in [9.17, 15) is 4.39 Å². The molecule has 84 valence electrons. The van der Waals surface area contributed by atoms with Gasteiger partial charge in [-0.05, 0) is 12.1 Å². The summed E-state index contributed by atoms with van der Waals surface area (Å²) in [5.74, 6) is -0.433. The van der Waals surface area contributed by atoms with Crippen LogP contribution in [0.5, 0.6) is 0 Å². The van der Waals surface area contributed by atoms with Crippen LogP contribution < -0.4 is 0 Å². The van der Waals surface area contributed by atoms with Gasteiger partial charge in [-0.1, -0.05) is 24.2 Å². The fraction of sp³-hybridized carbons (Fsp3) is 0. The molecule has 0 unspecified atom stereocenters. The molecule has 0 aliphatic carbocycles. The maximum absolute atomic E-state index is 13.6. The van der Waals surface area contributed by atoms with Crippen LogP contribution >= 0.6 is 22.9 Å². The summed E-state index contributed by atoms with van der Waals surface area (Å²) >= 11 is 7.16. The number of halogens is 2. The van der Waals surface area contributed by atoms with Gasteiger partial charge in [0.05, 0.1) is 21.9 Å². The quantitative estimate of drug-likeness (QED) is 0.765. The molecule has 5 heteroatoms. The van der Waals surface area contributed by atoms with E-state index < -0.39 is 5.82 Å². The summed E-state index contributed by atoms with van der Waals surface area (Å²) in [5, 5.41) is 11.1. The molecule has 17 heavy (non-hydrogen) atoms. The molecule has 1 heterocycles. The first kappa shape index (κ1) is 11.8. The maximum atomic E-state index is 13.6. The molecule has 0 aliphatic rings. The first-order chi connectivity index (χ1) is 8.13. The van der Waals surface area contributed by atoms with Crippen molar-refractivity contribution < 1.29 is 4.39 Å². The third kappa shape index (κ3) is 2.21. The second-order valence-electron chi connectivity index (χ2n) is 3.22. The lowest BCUT2D eigenvalue weighted by Gasteiger charge is -2.01. The van der Waals surface area contributed by atoms with Crippen LogP contribution in [-0.2, 0) is 0 Å². The lowest BCUT2D eigenvalue weighted by molar-refractivity contribution is 0.631. The summed E-state index contributed by atoms with van der Waals surface area (Å²) in [6, 6.07) is 6.35. The van der Waals surface area contributed by atoms with Gasteiger partial charge in [0.25, 0.3) is 0 Å². The average molecular weight is 265 g/mol. The average Bonchev–Trinajstić information content (AvgIpc) is 2.77. The summed E-state index contributed by atoms with van der Waals surface area (Å²) < 4.78 is 13.6. The van der Waals surface area contributed by atoms with E-state index in [1.165, 1.54) is 23.5 Å². The van der Waals surface area contributed by atoms with Gasteiger partial charge < -0.3 is 0 Å². The van der Waals surface area contributed by atoms with Crippen molar-refractivity contribution in [3.8, 4) is 17.3 Å². The molecule has 1 aromatic carbocycles. The van der Waals surface area contributed by atoms with E-state index >= 15 is 0 Å². The highest BCUT2D eigenvalue weighted by Gasteiger charge is 2.13. The first-order valence-electron chi connectivity index (χ1n) is 4.62. The van der Waals surface area contributed by atoms with Crippen LogP contribution in [0, 0.1) is 17.1 Å². The Bertz CT molecular complexity index is 607. The zero-order valence-corrected chi connectivity index (χ0v) is 10.1. The minimum Gasteiger partial charge on any atom is -0.235 e. The second kappa shape index (κ2) is 4.66. The summed E-state index contributed by atoms with van der Waals surface area (Å²) in [4.78, 5) is 4.14. The molecule has 0 fully saturated rings. The number of nitrogens with zero attached hydrogens (tertiary/aromatic N) is 2. The maximum Gasteiger partial charge on any atom is 0.134 e. The minimum absolute atomic E-state index is 0.252. The van der Waals surface area contributed by atoms with Crippen LogP contribution in [0.4, 0.5) is 4.39 Å². The van der Waals surface area contributed by atoms with E-state index in [0.29, 0.717) is 15.7 Å². The molecule has 2 rings (SSSR count). The van der Waals surface area contributed by atoms with Gasteiger partial charge in [-0.25, -0.2) is 9.37 Å². The Morgan fingerprint density at radius 1 is 1.53 bits per heavy atom. The Morgan fingerprint density at radius 2 is 2.29 bits per heavy atom. The number of benzene rings is 1. The van der Waals surface area contributed by atoms with E-state index in [1.807, 2.05) is 6.07 Å². The molecule has 0 saturated carbocycles. The van der Waals surface area contributed by atoms with Crippen LogP contribution in [0.25, 0.3) is 16.8 Å². The Hall–Kier alpha value is -1.70. The molecule has 0 amide bonds. The van der Waals surface area contributed by atoms with E-state index in [0.717, 1.165) is 0 Å². The van der Waals surface area contributed by atoms with E-state index in [1.54, 1.807) is 11.4 Å². The third-order valence-electron chi connectivity index (χ3n) is 2.12. The highest BCUT2D eigenvalue weighted by molar-refractivity contribution is 7.11. The van der Waals surface area contributed by atoms with Gasteiger partial charge >= 0.3 is 0 Å². The van der Waals surface area contributed by atoms with Gasteiger partial charge in [0.2, 0.25) is 0 Å². The van der Waals surface area contributed by atoms with Crippen molar-refractivity contribution in [2.75, 3.05) is 0 Å². The first-order valence-corrected chi connectivity index (χ1v) is 5.88. The lowest BCUT2D eigenvalue weighted by Crippen LogP contribution is -1.86. The van der Waals surface area contributed by atoms with E-state index in [4.69, 9.17) is 16.9 Å². The van der Waals surface area contributed by atoms with Gasteiger partial charge in [0.1, 0.15) is 16.9 Å². The molecule has 0 atom stereocenters. The number of aromatic nitrogens is 1. The summed E-state index contributed by atoms with van der Waals surface area (Å²) in [7, 11) is 0. The third-order valence-corrected chi connectivity index (χ3v) is 3.33. The monoisotopic (exact) mass is 264 g/mol. The van der Waals surface area contributed by atoms with Crippen LogP contribution in [0.15, 0.2) is 30.2 Å². The van der Waals surface area contributed by atoms with E-state index in [-0.39, 0.29) is 11.1 Å². The van der Waals surface area contributed by atoms with Crippen molar-refractivity contribution in [2.24, 2.45) is 0 Å². The number of rotatable bonds is 2. The fourth-order valence-corrected chi connectivity index (χ4v) is 2.31. The standard InChI is InChI=1S/C12H6ClFN2S/c1-7(5-15)12-16-10(6-17-12)11-8(13)3-2-4-9(11)14/h2-4,6H,1H2.